The van der Waals surface area contributed by atoms with Gasteiger partial charge in [0.2, 0.25) is 0 Å². The Morgan fingerprint density at radius 2 is 2.00 bits per heavy atom. The van der Waals surface area contributed by atoms with Crippen molar-refractivity contribution in [2.24, 2.45) is 0 Å². The van der Waals surface area contributed by atoms with E-state index < -0.39 is 0 Å². The van der Waals surface area contributed by atoms with E-state index in [0.717, 1.165) is 21.5 Å². The highest BCUT2D eigenvalue weighted by Crippen LogP contribution is 2.30. The Balaban J connectivity index is 2.50. The van der Waals surface area contributed by atoms with Crippen LogP contribution in [0.1, 0.15) is 10.4 Å². The normalized spacial score (nSPS) is 10.8. The molecule has 19 heavy (non-hydrogen) atoms. The van der Waals surface area contributed by atoms with Crippen molar-refractivity contribution in [2.45, 2.75) is 0 Å². The minimum Gasteiger partial charge on any atom is -0.465 e. The van der Waals surface area contributed by atoms with E-state index in [-0.39, 0.29) is 5.97 Å². The number of hydrogen-bond donors (Lipinski definition) is 0. The van der Waals surface area contributed by atoms with Gasteiger partial charge in [-0.05, 0) is 40.4 Å². The zero-order valence-electron chi connectivity index (χ0n) is 10.2. The van der Waals surface area contributed by atoms with Gasteiger partial charge in [0.1, 0.15) is 0 Å². The molecular formula is C15H10ClNO2. The summed E-state index contributed by atoms with van der Waals surface area (Å²) in [5.74, 6) is -0.354. The highest BCUT2D eigenvalue weighted by Gasteiger charge is 2.13. The average Bonchev–Trinajstić information content (AvgIpc) is 2.46. The summed E-state index contributed by atoms with van der Waals surface area (Å²) in [6.07, 6.45) is 3.39. The van der Waals surface area contributed by atoms with E-state index in [1.165, 1.54) is 7.11 Å². The van der Waals surface area contributed by atoms with Gasteiger partial charge in [0.15, 0.2) is 0 Å². The molecule has 0 fully saturated rings. The summed E-state index contributed by atoms with van der Waals surface area (Å²) in [5.41, 5.74) is 0.537. The molecule has 3 nitrogen and oxygen atoms in total. The van der Waals surface area contributed by atoms with Crippen LogP contribution in [0.2, 0.25) is 5.02 Å². The molecule has 0 saturated heterocycles. The average molecular weight is 272 g/mol. The fourth-order valence-corrected chi connectivity index (χ4v) is 2.42. The number of pyridine rings is 1. The van der Waals surface area contributed by atoms with Crippen molar-refractivity contribution in [3.63, 3.8) is 0 Å². The molecule has 0 atom stereocenters. The standard InChI is InChI=1S/C15H10ClNO2/c1-19-15(18)13-6-9-2-3-10(16)7-12(9)14-8-17-5-4-11(13)14/h2-8H,1H3. The summed E-state index contributed by atoms with van der Waals surface area (Å²) in [5, 5.41) is 4.27. The van der Waals surface area contributed by atoms with Gasteiger partial charge in [-0.15, -0.1) is 0 Å². The summed E-state index contributed by atoms with van der Waals surface area (Å²) < 4.78 is 4.83. The second-order valence-electron chi connectivity index (χ2n) is 4.20. The molecule has 3 aromatic rings. The van der Waals surface area contributed by atoms with Crippen LogP contribution in [0.3, 0.4) is 0 Å². The third-order valence-electron chi connectivity index (χ3n) is 3.12. The van der Waals surface area contributed by atoms with E-state index in [0.29, 0.717) is 10.6 Å². The highest BCUT2D eigenvalue weighted by atomic mass is 35.5. The van der Waals surface area contributed by atoms with E-state index in [1.54, 1.807) is 18.5 Å². The van der Waals surface area contributed by atoms with Crippen LogP contribution in [0.4, 0.5) is 0 Å². The van der Waals surface area contributed by atoms with Crippen LogP contribution in [0.25, 0.3) is 21.5 Å². The van der Waals surface area contributed by atoms with Crippen molar-refractivity contribution in [2.75, 3.05) is 7.11 Å². The molecular weight excluding hydrogens is 262 g/mol. The van der Waals surface area contributed by atoms with Gasteiger partial charge in [-0.1, -0.05) is 17.7 Å². The predicted octanol–water partition coefficient (Wildman–Crippen LogP) is 3.83. The monoisotopic (exact) mass is 271 g/mol. The highest BCUT2D eigenvalue weighted by molar-refractivity contribution is 6.32. The molecule has 0 bridgehead atoms. The maximum atomic E-state index is 11.9. The van der Waals surface area contributed by atoms with Crippen LogP contribution in [0.15, 0.2) is 42.7 Å². The number of ether oxygens (including phenoxy) is 1. The second-order valence-corrected chi connectivity index (χ2v) is 4.64. The number of esters is 1. The lowest BCUT2D eigenvalue weighted by atomic mass is 9.99. The third kappa shape index (κ3) is 1.92. The van der Waals surface area contributed by atoms with Gasteiger partial charge in [-0.3, -0.25) is 4.98 Å². The Morgan fingerprint density at radius 1 is 1.16 bits per heavy atom. The van der Waals surface area contributed by atoms with Crippen LogP contribution in [0.5, 0.6) is 0 Å². The molecule has 0 N–H and O–H groups in total. The van der Waals surface area contributed by atoms with E-state index in [1.807, 2.05) is 24.3 Å². The van der Waals surface area contributed by atoms with E-state index in [2.05, 4.69) is 4.98 Å². The van der Waals surface area contributed by atoms with Gasteiger partial charge in [-0.25, -0.2) is 4.79 Å². The van der Waals surface area contributed by atoms with Gasteiger partial charge in [0, 0.05) is 22.8 Å². The number of benzene rings is 2. The largest absolute Gasteiger partial charge is 0.465 e. The molecule has 1 aromatic heterocycles. The Bertz CT molecular complexity index is 799. The lowest BCUT2D eigenvalue weighted by Crippen LogP contribution is -2.02. The molecule has 2 aromatic carbocycles. The molecule has 0 saturated carbocycles. The topological polar surface area (TPSA) is 39.2 Å². The van der Waals surface area contributed by atoms with Crippen molar-refractivity contribution < 1.29 is 9.53 Å². The number of hydrogen-bond acceptors (Lipinski definition) is 3. The van der Waals surface area contributed by atoms with Gasteiger partial charge in [0.05, 0.1) is 12.7 Å². The summed E-state index contributed by atoms with van der Waals surface area (Å²) in [4.78, 5) is 16.0. The maximum absolute atomic E-state index is 11.9. The molecule has 94 valence electrons. The molecule has 0 aliphatic carbocycles. The minimum absolute atomic E-state index is 0.354. The number of carbonyl (C=O) groups is 1. The number of halogens is 1. The number of carbonyl (C=O) groups excluding carboxylic acids is 1. The summed E-state index contributed by atoms with van der Waals surface area (Å²) in [6, 6.07) is 9.19. The van der Waals surface area contributed by atoms with Crippen LogP contribution in [-0.4, -0.2) is 18.1 Å². The lowest BCUT2D eigenvalue weighted by molar-refractivity contribution is 0.0603. The lowest BCUT2D eigenvalue weighted by Gasteiger charge is -2.08. The Kier molecular flexibility index (Phi) is 2.84. The smallest absolute Gasteiger partial charge is 0.338 e. The fourth-order valence-electron chi connectivity index (χ4n) is 2.24. The Morgan fingerprint density at radius 3 is 2.79 bits per heavy atom. The van der Waals surface area contributed by atoms with E-state index in [4.69, 9.17) is 16.3 Å². The first-order chi connectivity index (χ1) is 9.20. The molecule has 0 unspecified atom stereocenters. The number of aromatic nitrogens is 1. The quantitative estimate of drug-likeness (QED) is 0.499. The number of fused-ring (bicyclic) bond motifs is 3. The number of rotatable bonds is 1. The third-order valence-corrected chi connectivity index (χ3v) is 3.36. The van der Waals surface area contributed by atoms with E-state index in [9.17, 15) is 4.79 Å². The predicted molar refractivity (Wildman–Crippen MR) is 75.6 cm³/mol. The molecule has 0 aliphatic heterocycles. The molecule has 0 amide bonds. The zero-order valence-corrected chi connectivity index (χ0v) is 10.9. The van der Waals surface area contributed by atoms with Gasteiger partial charge in [0.25, 0.3) is 0 Å². The summed E-state index contributed by atoms with van der Waals surface area (Å²) in [6.45, 7) is 0. The first-order valence-electron chi connectivity index (χ1n) is 5.75. The number of methoxy groups -OCH3 is 1. The molecule has 4 heteroatoms. The second kappa shape index (κ2) is 4.52. The SMILES string of the molecule is COC(=O)c1cc2ccc(Cl)cc2c2cnccc12. The number of nitrogens with zero attached hydrogens (tertiary/aromatic N) is 1. The van der Waals surface area contributed by atoms with Gasteiger partial charge >= 0.3 is 5.97 Å². The Labute approximate surface area is 114 Å². The van der Waals surface area contributed by atoms with Crippen LogP contribution < -0.4 is 0 Å². The molecule has 3 rings (SSSR count). The first-order valence-corrected chi connectivity index (χ1v) is 6.13. The summed E-state index contributed by atoms with van der Waals surface area (Å²) >= 11 is 6.04. The Hall–Kier alpha value is -2.13. The first kappa shape index (κ1) is 11.9. The maximum Gasteiger partial charge on any atom is 0.338 e. The van der Waals surface area contributed by atoms with Crippen LogP contribution in [-0.2, 0) is 4.74 Å². The van der Waals surface area contributed by atoms with Crippen molar-refractivity contribution in [1.29, 1.82) is 0 Å². The summed E-state index contributed by atoms with van der Waals surface area (Å²) in [7, 11) is 1.38. The minimum atomic E-state index is -0.354. The fraction of sp³-hybridized carbons (Fsp3) is 0.0667. The van der Waals surface area contributed by atoms with Gasteiger partial charge < -0.3 is 4.74 Å². The van der Waals surface area contributed by atoms with E-state index >= 15 is 0 Å². The van der Waals surface area contributed by atoms with Crippen LogP contribution >= 0.6 is 11.6 Å². The molecule has 1 heterocycles. The van der Waals surface area contributed by atoms with Crippen molar-refractivity contribution in [1.82, 2.24) is 4.98 Å². The molecule has 0 aliphatic rings. The van der Waals surface area contributed by atoms with Crippen molar-refractivity contribution in [3.8, 4) is 0 Å². The molecule has 0 radical (unpaired) electrons. The van der Waals surface area contributed by atoms with Gasteiger partial charge in [-0.2, -0.15) is 0 Å². The van der Waals surface area contributed by atoms with Crippen molar-refractivity contribution >= 4 is 39.1 Å². The van der Waals surface area contributed by atoms with Crippen molar-refractivity contribution in [3.05, 3.63) is 53.3 Å². The zero-order chi connectivity index (χ0) is 13.4. The molecule has 0 spiro atoms. The van der Waals surface area contributed by atoms with Crippen LogP contribution in [0, 0.1) is 0 Å².